The summed E-state index contributed by atoms with van der Waals surface area (Å²) in [5.74, 6) is 0.0520. The average Bonchev–Trinajstić information content (AvgIpc) is 2.89. The van der Waals surface area contributed by atoms with Gasteiger partial charge in [-0.2, -0.15) is 0 Å². The molecule has 0 aliphatic heterocycles. The van der Waals surface area contributed by atoms with Crippen LogP contribution in [0, 0.1) is 0 Å². The summed E-state index contributed by atoms with van der Waals surface area (Å²) in [6.07, 6.45) is 2.89. The van der Waals surface area contributed by atoms with Crippen molar-refractivity contribution in [3.8, 4) is 5.75 Å². The number of nitrogen functional groups attached to an aromatic ring is 1. The maximum absolute atomic E-state index is 11.7. The first-order valence-corrected chi connectivity index (χ1v) is 5.19. The van der Waals surface area contributed by atoms with E-state index < -0.39 is 5.97 Å². The third-order valence-electron chi connectivity index (χ3n) is 2.32. The van der Waals surface area contributed by atoms with Crippen LogP contribution in [0.3, 0.4) is 0 Å². The minimum Gasteiger partial charge on any atom is -0.495 e. The quantitative estimate of drug-likeness (QED) is 0.653. The van der Waals surface area contributed by atoms with E-state index in [0.717, 1.165) is 0 Å². The molecule has 0 aliphatic rings. The van der Waals surface area contributed by atoms with Crippen molar-refractivity contribution in [1.29, 1.82) is 0 Å². The van der Waals surface area contributed by atoms with Crippen molar-refractivity contribution in [2.45, 2.75) is 6.61 Å². The highest BCUT2D eigenvalue weighted by molar-refractivity contribution is 5.91. The summed E-state index contributed by atoms with van der Waals surface area (Å²) in [4.78, 5) is 11.7. The van der Waals surface area contributed by atoms with Crippen LogP contribution >= 0.6 is 0 Å². The minimum atomic E-state index is -0.467. The number of methoxy groups -OCH3 is 1. The van der Waals surface area contributed by atoms with Crippen LogP contribution in [0.15, 0.2) is 35.2 Å². The van der Waals surface area contributed by atoms with Gasteiger partial charge in [-0.25, -0.2) is 4.79 Å². The second kappa shape index (κ2) is 5.22. The number of carbonyl (C=O) groups excluding carboxylic acids is 1. The summed E-state index contributed by atoms with van der Waals surface area (Å²) >= 11 is 0. The number of hydrogen-bond acceptors (Lipinski definition) is 6. The number of benzene rings is 1. The fraction of sp³-hybridized carbons (Fsp3) is 0.167. The van der Waals surface area contributed by atoms with E-state index in [9.17, 15) is 4.79 Å². The molecule has 1 aromatic carbocycles. The number of aromatic nitrogens is 1. The van der Waals surface area contributed by atoms with Crippen LogP contribution in [0.5, 0.6) is 5.75 Å². The Balaban J connectivity index is 2.02. The van der Waals surface area contributed by atoms with Gasteiger partial charge in [0.1, 0.15) is 18.6 Å². The molecule has 6 heteroatoms. The summed E-state index contributed by atoms with van der Waals surface area (Å²) in [6, 6.07) is 4.71. The SMILES string of the molecule is COc1ccc(C(=O)OCc2cnoc2)cc1N. The van der Waals surface area contributed by atoms with Gasteiger partial charge in [0.2, 0.25) is 0 Å². The summed E-state index contributed by atoms with van der Waals surface area (Å²) in [5.41, 5.74) is 7.14. The molecule has 2 aromatic rings. The van der Waals surface area contributed by atoms with Crippen LogP contribution in [-0.4, -0.2) is 18.2 Å². The van der Waals surface area contributed by atoms with E-state index in [0.29, 0.717) is 22.6 Å². The average molecular weight is 248 g/mol. The Labute approximate surface area is 103 Å². The van der Waals surface area contributed by atoms with E-state index in [1.165, 1.54) is 25.6 Å². The van der Waals surface area contributed by atoms with Crippen LogP contribution in [0.25, 0.3) is 0 Å². The van der Waals surface area contributed by atoms with Gasteiger partial charge in [0.05, 0.1) is 24.6 Å². The van der Waals surface area contributed by atoms with Crippen LogP contribution in [0.4, 0.5) is 5.69 Å². The van der Waals surface area contributed by atoms with Gasteiger partial charge in [-0.05, 0) is 18.2 Å². The van der Waals surface area contributed by atoms with Crippen molar-refractivity contribution in [3.05, 3.63) is 41.8 Å². The lowest BCUT2D eigenvalue weighted by Crippen LogP contribution is -2.06. The largest absolute Gasteiger partial charge is 0.495 e. The maximum atomic E-state index is 11.7. The molecule has 0 bridgehead atoms. The molecule has 0 spiro atoms. The van der Waals surface area contributed by atoms with E-state index in [-0.39, 0.29) is 6.61 Å². The number of rotatable bonds is 4. The van der Waals surface area contributed by atoms with Crippen molar-refractivity contribution in [2.24, 2.45) is 0 Å². The molecule has 18 heavy (non-hydrogen) atoms. The third-order valence-corrected chi connectivity index (χ3v) is 2.32. The number of nitrogens with two attached hydrogens (primary N) is 1. The molecular weight excluding hydrogens is 236 g/mol. The van der Waals surface area contributed by atoms with Crippen molar-refractivity contribution >= 4 is 11.7 Å². The topological polar surface area (TPSA) is 87.6 Å². The zero-order valence-electron chi connectivity index (χ0n) is 9.75. The normalized spacial score (nSPS) is 10.1. The van der Waals surface area contributed by atoms with E-state index in [1.54, 1.807) is 12.1 Å². The van der Waals surface area contributed by atoms with Gasteiger partial charge in [-0.1, -0.05) is 5.16 Å². The summed E-state index contributed by atoms with van der Waals surface area (Å²) in [6.45, 7) is 0.105. The first kappa shape index (κ1) is 12.0. The lowest BCUT2D eigenvalue weighted by molar-refractivity contribution is 0.0472. The van der Waals surface area contributed by atoms with Gasteiger partial charge in [0.25, 0.3) is 0 Å². The van der Waals surface area contributed by atoms with Crippen LogP contribution in [0.2, 0.25) is 0 Å². The zero-order chi connectivity index (χ0) is 13.0. The second-order valence-corrected chi connectivity index (χ2v) is 3.57. The Morgan fingerprint density at radius 3 is 2.94 bits per heavy atom. The minimum absolute atomic E-state index is 0.105. The molecule has 2 N–H and O–H groups in total. The fourth-order valence-corrected chi connectivity index (χ4v) is 1.39. The van der Waals surface area contributed by atoms with E-state index in [2.05, 4.69) is 9.68 Å². The number of nitrogens with zero attached hydrogens (tertiary/aromatic N) is 1. The molecular formula is C12H12N2O4. The van der Waals surface area contributed by atoms with E-state index in [4.69, 9.17) is 15.2 Å². The van der Waals surface area contributed by atoms with Gasteiger partial charge in [-0.15, -0.1) is 0 Å². The van der Waals surface area contributed by atoms with Gasteiger partial charge in [0, 0.05) is 5.56 Å². The van der Waals surface area contributed by atoms with Crippen molar-refractivity contribution in [1.82, 2.24) is 5.16 Å². The molecule has 6 nitrogen and oxygen atoms in total. The molecule has 0 fully saturated rings. The molecule has 0 unspecified atom stereocenters. The highest BCUT2D eigenvalue weighted by atomic mass is 16.5. The van der Waals surface area contributed by atoms with Crippen molar-refractivity contribution in [2.75, 3.05) is 12.8 Å². The number of esters is 1. The molecule has 0 amide bonds. The number of anilines is 1. The van der Waals surface area contributed by atoms with Crippen molar-refractivity contribution in [3.63, 3.8) is 0 Å². The first-order chi connectivity index (χ1) is 8.70. The van der Waals surface area contributed by atoms with Gasteiger partial charge >= 0.3 is 5.97 Å². The molecule has 1 heterocycles. The standard InChI is InChI=1S/C12H12N2O4/c1-16-11-3-2-9(4-10(11)13)12(15)17-6-8-5-14-18-7-8/h2-5,7H,6,13H2,1H3. The highest BCUT2D eigenvalue weighted by Gasteiger charge is 2.10. The lowest BCUT2D eigenvalue weighted by atomic mass is 10.2. The highest BCUT2D eigenvalue weighted by Crippen LogP contribution is 2.22. The van der Waals surface area contributed by atoms with Gasteiger partial charge in [0.15, 0.2) is 0 Å². The first-order valence-electron chi connectivity index (χ1n) is 5.19. The van der Waals surface area contributed by atoms with Crippen LogP contribution in [-0.2, 0) is 11.3 Å². The van der Waals surface area contributed by atoms with E-state index in [1.807, 2.05) is 0 Å². The summed E-state index contributed by atoms with van der Waals surface area (Å²) in [5, 5.41) is 3.51. The zero-order valence-corrected chi connectivity index (χ0v) is 9.75. The second-order valence-electron chi connectivity index (χ2n) is 3.57. The van der Waals surface area contributed by atoms with E-state index >= 15 is 0 Å². The molecule has 0 atom stereocenters. The molecule has 2 rings (SSSR count). The Hall–Kier alpha value is -2.50. The fourth-order valence-electron chi connectivity index (χ4n) is 1.39. The van der Waals surface area contributed by atoms with Gasteiger partial charge in [-0.3, -0.25) is 0 Å². The maximum Gasteiger partial charge on any atom is 0.338 e. The Morgan fingerprint density at radius 2 is 2.33 bits per heavy atom. The predicted octanol–water partition coefficient (Wildman–Crippen LogP) is 1.62. The monoisotopic (exact) mass is 248 g/mol. The molecule has 0 saturated heterocycles. The molecule has 94 valence electrons. The third kappa shape index (κ3) is 2.60. The summed E-state index contributed by atoms with van der Waals surface area (Å²) in [7, 11) is 1.51. The molecule has 0 saturated carbocycles. The summed E-state index contributed by atoms with van der Waals surface area (Å²) < 4.78 is 14.7. The number of hydrogen-bond donors (Lipinski definition) is 1. The van der Waals surface area contributed by atoms with Gasteiger partial charge < -0.3 is 19.7 Å². The molecule has 0 aliphatic carbocycles. The van der Waals surface area contributed by atoms with Crippen LogP contribution < -0.4 is 10.5 Å². The Morgan fingerprint density at radius 1 is 1.50 bits per heavy atom. The van der Waals surface area contributed by atoms with Crippen molar-refractivity contribution < 1.29 is 18.8 Å². The molecule has 0 radical (unpaired) electrons. The molecule has 1 aromatic heterocycles. The van der Waals surface area contributed by atoms with Crippen LogP contribution in [0.1, 0.15) is 15.9 Å². The Kier molecular flexibility index (Phi) is 3.47. The Bertz CT molecular complexity index is 537. The number of ether oxygens (including phenoxy) is 2. The number of carbonyl (C=O) groups is 1. The smallest absolute Gasteiger partial charge is 0.338 e. The predicted molar refractivity (Wildman–Crippen MR) is 63.0 cm³/mol. The lowest BCUT2D eigenvalue weighted by Gasteiger charge is -2.07.